The fourth-order valence-electron chi connectivity index (χ4n) is 2.55. The van der Waals surface area contributed by atoms with Crippen molar-refractivity contribution in [3.8, 4) is 0 Å². The molecule has 1 heterocycles. The van der Waals surface area contributed by atoms with Crippen molar-refractivity contribution < 1.29 is 9.59 Å². The third kappa shape index (κ3) is 2.85. The highest BCUT2D eigenvalue weighted by molar-refractivity contribution is 5.91. The van der Waals surface area contributed by atoms with Gasteiger partial charge in [-0.15, -0.1) is 0 Å². The van der Waals surface area contributed by atoms with Crippen LogP contribution in [0, 0.1) is 11.8 Å². The molecule has 0 spiro atoms. The lowest BCUT2D eigenvalue weighted by molar-refractivity contribution is -0.136. The van der Waals surface area contributed by atoms with Crippen LogP contribution in [-0.2, 0) is 9.59 Å². The fraction of sp³-hybridized carbons (Fsp3) is 0.857. The van der Waals surface area contributed by atoms with Crippen molar-refractivity contribution >= 4 is 11.8 Å². The number of rotatable bonds is 4. The second-order valence-electron chi connectivity index (χ2n) is 5.94. The Labute approximate surface area is 109 Å². The van der Waals surface area contributed by atoms with Gasteiger partial charge in [-0.3, -0.25) is 9.59 Å². The molecule has 1 saturated heterocycles. The van der Waals surface area contributed by atoms with Crippen LogP contribution in [0.3, 0.4) is 0 Å². The summed E-state index contributed by atoms with van der Waals surface area (Å²) in [5.41, 5.74) is 0. The van der Waals surface area contributed by atoms with Crippen LogP contribution >= 0.6 is 0 Å². The van der Waals surface area contributed by atoms with Gasteiger partial charge in [0.15, 0.2) is 0 Å². The lowest BCUT2D eigenvalue weighted by Crippen LogP contribution is -2.48. The largest absolute Gasteiger partial charge is 0.344 e. The second kappa shape index (κ2) is 5.29. The van der Waals surface area contributed by atoms with E-state index in [4.69, 9.17) is 0 Å². The first kappa shape index (κ1) is 13.4. The van der Waals surface area contributed by atoms with Gasteiger partial charge in [-0.25, -0.2) is 0 Å². The highest BCUT2D eigenvalue weighted by Gasteiger charge is 2.42. The van der Waals surface area contributed by atoms with Crippen molar-refractivity contribution in [2.75, 3.05) is 6.54 Å². The van der Waals surface area contributed by atoms with E-state index in [0.29, 0.717) is 18.3 Å². The summed E-state index contributed by atoms with van der Waals surface area (Å²) in [6.07, 6.45) is 3.64. The Bertz CT molecular complexity index is 339. The summed E-state index contributed by atoms with van der Waals surface area (Å²) in [5.74, 6) is 1.03. The third-order valence-corrected chi connectivity index (χ3v) is 4.18. The standard InChI is InChI=1S/C14H24N2O2/c1-4-9(2)8-16-10(3)7-12(17)15-13(14(16)18)11-5-6-11/h9-11,13H,4-8H2,1-3H3,(H,15,17). The molecule has 1 aliphatic heterocycles. The van der Waals surface area contributed by atoms with E-state index in [1.165, 1.54) is 0 Å². The van der Waals surface area contributed by atoms with Crippen LogP contribution in [0.2, 0.25) is 0 Å². The SMILES string of the molecule is CCC(C)CN1C(=O)C(C2CC2)NC(=O)CC1C. The van der Waals surface area contributed by atoms with Gasteiger partial charge in [-0.05, 0) is 31.6 Å². The Balaban J connectivity index is 2.13. The van der Waals surface area contributed by atoms with Crippen LogP contribution in [0.5, 0.6) is 0 Å². The first-order valence-corrected chi connectivity index (χ1v) is 7.12. The first-order valence-electron chi connectivity index (χ1n) is 7.12. The Hall–Kier alpha value is -1.06. The van der Waals surface area contributed by atoms with E-state index in [9.17, 15) is 9.59 Å². The van der Waals surface area contributed by atoms with E-state index in [1.54, 1.807) is 0 Å². The highest BCUT2D eigenvalue weighted by atomic mass is 16.2. The lowest BCUT2D eigenvalue weighted by Gasteiger charge is -2.31. The van der Waals surface area contributed by atoms with Gasteiger partial charge in [-0.2, -0.15) is 0 Å². The van der Waals surface area contributed by atoms with Crippen LogP contribution in [0.15, 0.2) is 0 Å². The van der Waals surface area contributed by atoms with E-state index in [1.807, 2.05) is 11.8 Å². The first-order chi connectivity index (χ1) is 8.52. The van der Waals surface area contributed by atoms with Gasteiger partial charge in [-0.1, -0.05) is 20.3 Å². The Kier molecular flexibility index (Phi) is 3.93. The van der Waals surface area contributed by atoms with E-state index >= 15 is 0 Å². The zero-order valence-electron chi connectivity index (χ0n) is 11.6. The predicted octanol–water partition coefficient (Wildman–Crippen LogP) is 1.55. The molecule has 2 rings (SSSR count). The highest BCUT2D eigenvalue weighted by Crippen LogP contribution is 2.34. The topological polar surface area (TPSA) is 49.4 Å². The monoisotopic (exact) mass is 252 g/mol. The molecule has 1 N–H and O–H groups in total. The Morgan fingerprint density at radius 3 is 2.61 bits per heavy atom. The van der Waals surface area contributed by atoms with Gasteiger partial charge >= 0.3 is 0 Å². The smallest absolute Gasteiger partial charge is 0.245 e. The molecule has 0 aromatic carbocycles. The molecule has 102 valence electrons. The predicted molar refractivity (Wildman–Crippen MR) is 69.9 cm³/mol. The third-order valence-electron chi connectivity index (χ3n) is 4.18. The molecule has 2 amide bonds. The van der Waals surface area contributed by atoms with Crippen molar-refractivity contribution in [1.82, 2.24) is 10.2 Å². The quantitative estimate of drug-likeness (QED) is 0.825. The molecule has 3 unspecified atom stereocenters. The molecule has 3 atom stereocenters. The van der Waals surface area contributed by atoms with Crippen LogP contribution in [0.25, 0.3) is 0 Å². The number of carbonyl (C=O) groups is 2. The van der Waals surface area contributed by atoms with Gasteiger partial charge in [0.1, 0.15) is 6.04 Å². The fourth-order valence-corrected chi connectivity index (χ4v) is 2.55. The van der Waals surface area contributed by atoms with Gasteiger partial charge in [0, 0.05) is 19.0 Å². The van der Waals surface area contributed by atoms with Crippen LogP contribution in [0.1, 0.15) is 46.5 Å². The molecule has 0 bridgehead atoms. The van der Waals surface area contributed by atoms with Gasteiger partial charge < -0.3 is 10.2 Å². The molecule has 2 aliphatic rings. The number of hydrogen-bond donors (Lipinski definition) is 1. The number of amides is 2. The zero-order valence-corrected chi connectivity index (χ0v) is 11.6. The summed E-state index contributed by atoms with van der Waals surface area (Å²) < 4.78 is 0. The van der Waals surface area contributed by atoms with Crippen molar-refractivity contribution in [2.45, 2.75) is 58.5 Å². The van der Waals surface area contributed by atoms with Crippen LogP contribution in [-0.4, -0.2) is 35.3 Å². The maximum Gasteiger partial charge on any atom is 0.245 e. The Morgan fingerprint density at radius 1 is 1.39 bits per heavy atom. The molecule has 1 saturated carbocycles. The molecule has 0 aromatic rings. The molecule has 2 fully saturated rings. The van der Waals surface area contributed by atoms with E-state index in [2.05, 4.69) is 19.2 Å². The molecular weight excluding hydrogens is 228 g/mol. The maximum absolute atomic E-state index is 12.5. The average Bonchev–Trinajstić information content (AvgIpc) is 3.15. The molecule has 0 radical (unpaired) electrons. The van der Waals surface area contributed by atoms with Crippen molar-refractivity contribution in [3.63, 3.8) is 0 Å². The average molecular weight is 252 g/mol. The summed E-state index contributed by atoms with van der Waals surface area (Å²) in [5, 5.41) is 2.91. The minimum absolute atomic E-state index is 0.0234. The van der Waals surface area contributed by atoms with Gasteiger partial charge in [0.25, 0.3) is 0 Å². The van der Waals surface area contributed by atoms with Crippen molar-refractivity contribution in [3.05, 3.63) is 0 Å². The molecule has 1 aliphatic carbocycles. The maximum atomic E-state index is 12.5. The van der Waals surface area contributed by atoms with E-state index < -0.39 is 0 Å². The minimum atomic E-state index is -0.258. The number of nitrogens with one attached hydrogen (secondary N) is 1. The van der Waals surface area contributed by atoms with Crippen LogP contribution < -0.4 is 5.32 Å². The number of nitrogens with zero attached hydrogens (tertiary/aromatic N) is 1. The summed E-state index contributed by atoms with van der Waals surface area (Å²) in [6.45, 7) is 7.05. The van der Waals surface area contributed by atoms with Gasteiger partial charge in [0.2, 0.25) is 11.8 Å². The summed E-state index contributed by atoms with van der Waals surface area (Å²) in [7, 11) is 0. The molecular formula is C14H24N2O2. The molecule has 4 nitrogen and oxygen atoms in total. The number of hydrogen-bond acceptors (Lipinski definition) is 2. The van der Waals surface area contributed by atoms with Crippen LogP contribution in [0.4, 0.5) is 0 Å². The number of carbonyl (C=O) groups excluding carboxylic acids is 2. The lowest BCUT2D eigenvalue weighted by atomic mass is 10.1. The minimum Gasteiger partial charge on any atom is -0.344 e. The second-order valence-corrected chi connectivity index (χ2v) is 5.94. The van der Waals surface area contributed by atoms with E-state index in [-0.39, 0.29) is 23.9 Å². The molecule has 4 heteroatoms. The zero-order chi connectivity index (χ0) is 13.3. The molecule has 0 aromatic heterocycles. The van der Waals surface area contributed by atoms with Crippen molar-refractivity contribution in [2.24, 2.45) is 11.8 Å². The van der Waals surface area contributed by atoms with Crippen molar-refractivity contribution in [1.29, 1.82) is 0 Å². The van der Waals surface area contributed by atoms with E-state index in [0.717, 1.165) is 25.8 Å². The summed E-state index contributed by atoms with van der Waals surface area (Å²) >= 11 is 0. The summed E-state index contributed by atoms with van der Waals surface area (Å²) in [4.78, 5) is 26.3. The van der Waals surface area contributed by atoms with Gasteiger partial charge in [0.05, 0.1) is 0 Å². The normalized spacial score (nSPS) is 30.9. The molecule has 18 heavy (non-hydrogen) atoms. The summed E-state index contributed by atoms with van der Waals surface area (Å²) in [6, 6.07) is -0.234. The Morgan fingerprint density at radius 2 is 2.06 bits per heavy atom.